The number of amides is 1. The maximum absolute atomic E-state index is 11.7. The summed E-state index contributed by atoms with van der Waals surface area (Å²) in [7, 11) is 0. The first-order valence-corrected chi connectivity index (χ1v) is 7.26. The van der Waals surface area contributed by atoms with Crippen molar-refractivity contribution in [2.24, 2.45) is 0 Å². The third-order valence-corrected chi connectivity index (χ3v) is 3.44. The minimum Gasteiger partial charge on any atom is -0.372 e. The summed E-state index contributed by atoms with van der Waals surface area (Å²) in [5.41, 5.74) is 2.11. The van der Waals surface area contributed by atoms with Crippen LogP contribution in [0.15, 0.2) is 36.9 Å². The van der Waals surface area contributed by atoms with Crippen LogP contribution >= 0.6 is 0 Å². The normalized spacial score (nSPS) is 14.3. The monoisotopic (exact) mass is 273 g/mol. The van der Waals surface area contributed by atoms with E-state index < -0.39 is 0 Å². The summed E-state index contributed by atoms with van der Waals surface area (Å²) in [6, 6.07) is 8.11. The van der Waals surface area contributed by atoms with Gasteiger partial charge in [-0.15, -0.1) is 6.58 Å². The van der Waals surface area contributed by atoms with E-state index in [1.165, 1.54) is 18.5 Å². The number of carbonyl (C=O) groups excluding carboxylic acids is 1. The molecule has 1 aromatic carbocycles. The van der Waals surface area contributed by atoms with E-state index >= 15 is 0 Å². The molecule has 2 rings (SSSR count). The lowest BCUT2D eigenvalue weighted by molar-refractivity contribution is -0.116. The van der Waals surface area contributed by atoms with Crippen LogP contribution in [-0.2, 0) is 4.79 Å². The molecular formula is C16H23N3O. The first kappa shape index (κ1) is 14.6. The Hall–Kier alpha value is -1.81. The van der Waals surface area contributed by atoms with Crippen LogP contribution < -0.4 is 15.5 Å². The number of nitrogens with one attached hydrogen (secondary N) is 2. The lowest BCUT2D eigenvalue weighted by Crippen LogP contribution is -2.21. The van der Waals surface area contributed by atoms with Crippen molar-refractivity contribution >= 4 is 17.3 Å². The van der Waals surface area contributed by atoms with Crippen LogP contribution in [0.2, 0.25) is 0 Å². The van der Waals surface area contributed by atoms with Crippen molar-refractivity contribution in [3.05, 3.63) is 36.9 Å². The Labute approximate surface area is 120 Å². The standard InChI is InChI=1S/C16H23N3O/c1-2-10-17-11-9-16(20)18-14-5-7-15(8-6-14)19-12-3-4-13-19/h2,5-8,17H,1,3-4,9-13H2,(H,18,20). The molecular weight excluding hydrogens is 250 g/mol. The second-order valence-electron chi connectivity index (χ2n) is 5.03. The van der Waals surface area contributed by atoms with Gasteiger partial charge in [-0.25, -0.2) is 0 Å². The average molecular weight is 273 g/mol. The van der Waals surface area contributed by atoms with Crippen molar-refractivity contribution in [3.8, 4) is 0 Å². The van der Waals surface area contributed by atoms with Gasteiger partial charge in [0, 0.05) is 44.0 Å². The molecule has 0 aliphatic carbocycles. The van der Waals surface area contributed by atoms with Crippen molar-refractivity contribution in [1.29, 1.82) is 0 Å². The number of benzene rings is 1. The molecule has 1 amide bonds. The van der Waals surface area contributed by atoms with E-state index in [1.807, 2.05) is 12.1 Å². The summed E-state index contributed by atoms with van der Waals surface area (Å²) in [4.78, 5) is 14.1. The molecule has 0 spiro atoms. The fourth-order valence-electron chi connectivity index (χ4n) is 2.36. The van der Waals surface area contributed by atoms with Crippen molar-refractivity contribution in [2.45, 2.75) is 19.3 Å². The van der Waals surface area contributed by atoms with Gasteiger partial charge in [0.15, 0.2) is 0 Å². The Morgan fingerprint density at radius 3 is 2.60 bits per heavy atom. The minimum atomic E-state index is 0.0375. The Morgan fingerprint density at radius 1 is 1.25 bits per heavy atom. The summed E-state index contributed by atoms with van der Waals surface area (Å²) < 4.78 is 0. The van der Waals surface area contributed by atoms with Gasteiger partial charge in [-0.1, -0.05) is 6.08 Å². The van der Waals surface area contributed by atoms with Crippen LogP contribution in [0.1, 0.15) is 19.3 Å². The Bertz CT molecular complexity index is 436. The zero-order chi connectivity index (χ0) is 14.2. The molecule has 1 saturated heterocycles. The average Bonchev–Trinajstić information content (AvgIpc) is 2.99. The second-order valence-corrected chi connectivity index (χ2v) is 5.03. The van der Waals surface area contributed by atoms with Gasteiger partial charge in [0.25, 0.3) is 0 Å². The second kappa shape index (κ2) is 7.70. The maximum atomic E-state index is 11.7. The SMILES string of the molecule is C=CCNCCC(=O)Nc1ccc(N2CCCC2)cc1. The molecule has 1 aromatic rings. The van der Waals surface area contributed by atoms with E-state index in [9.17, 15) is 4.79 Å². The molecule has 2 N–H and O–H groups in total. The van der Waals surface area contributed by atoms with Gasteiger partial charge in [-0.05, 0) is 37.1 Å². The zero-order valence-corrected chi connectivity index (χ0v) is 11.9. The summed E-state index contributed by atoms with van der Waals surface area (Å²) in [6.07, 6.45) is 4.81. The highest BCUT2D eigenvalue weighted by molar-refractivity contribution is 5.91. The Balaban J connectivity index is 1.77. The quantitative estimate of drug-likeness (QED) is 0.592. The van der Waals surface area contributed by atoms with E-state index in [4.69, 9.17) is 0 Å². The molecule has 0 aromatic heterocycles. The molecule has 1 fully saturated rings. The molecule has 0 radical (unpaired) electrons. The Kier molecular flexibility index (Phi) is 5.62. The Morgan fingerprint density at radius 2 is 1.95 bits per heavy atom. The highest BCUT2D eigenvalue weighted by Crippen LogP contribution is 2.21. The van der Waals surface area contributed by atoms with Crippen LogP contribution in [0.5, 0.6) is 0 Å². The first-order chi connectivity index (χ1) is 9.79. The largest absolute Gasteiger partial charge is 0.372 e. The maximum Gasteiger partial charge on any atom is 0.225 e. The molecule has 108 valence electrons. The predicted octanol–water partition coefficient (Wildman–Crippen LogP) is 2.39. The van der Waals surface area contributed by atoms with Gasteiger partial charge >= 0.3 is 0 Å². The molecule has 1 aliphatic rings. The van der Waals surface area contributed by atoms with E-state index in [2.05, 4.69) is 34.2 Å². The molecule has 1 heterocycles. The van der Waals surface area contributed by atoms with Gasteiger partial charge < -0.3 is 15.5 Å². The summed E-state index contributed by atoms with van der Waals surface area (Å²) in [5.74, 6) is 0.0375. The molecule has 0 unspecified atom stereocenters. The molecule has 0 atom stereocenters. The predicted molar refractivity (Wildman–Crippen MR) is 84.2 cm³/mol. The van der Waals surface area contributed by atoms with Gasteiger partial charge in [-0.2, -0.15) is 0 Å². The van der Waals surface area contributed by atoms with Gasteiger partial charge in [0.05, 0.1) is 0 Å². The number of carbonyl (C=O) groups is 1. The highest BCUT2D eigenvalue weighted by atomic mass is 16.1. The fourth-order valence-corrected chi connectivity index (χ4v) is 2.36. The molecule has 0 bridgehead atoms. The highest BCUT2D eigenvalue weighted by Gasteiger charge is 2.11. The third kappa shape index (κ3) is 4.38. The van der Waals surface area contributed by atoms with Gasteiger partial charge in [0.1, 0.15) is 0 Å². The lowest BCUT2D eigenvalue weighted by Gasteiger charge is -2.17. The minimum absolute atomic E-state index is 0.0375. The summed E-state index contributed by atoms with van der Waals surface area (Å²) >= 11 is 0. The number of hydrogen-bond acceptors (Lipinski definition) is 3. The van der Waals surface area contributed by atoms with Crippen LogP contribution in [0.3, 0.4) is 0 Å². The number of anilines is 2. The molecule has 4 heteroatoms. The van der Waals surface area contributed by atoms with Gasteiger partial charge in [-0.3, -0.25) is 4.79 Å². The van der Waals surface area contributed by atoms with Crippen LogP contribution in [0, 0.1) is 0 Å². The number of nitrogens with zero attached hydrogens (tertiary/aromatic N) is 1. The zero-order valence-electron chi connectivity index (χ0n) is 11.9. The molecule has 1 aliphatic heterocycles. The van der Waals surface area contributed by atoms with Crippen molar-refractivity contribution in [1.82, 2.24) is 5.32 Å². The first-order valence-electron chi connectivity index (χ1n) is 7.26. The van der Waals surface area contributed by atoms with E-state index in [0.717, 1.165) is 25.3 Å². The molecule has 0 saturated carbocycles. The molecule has 4 nitrogen and oxygen atoms in total. The fraction of sp³-hybridized carbons (Fsp3) is 0.438. The van der Waals surface area contributed by atoms with Gasteiger partial charge in [0.2, 0.25) is 5.91 Å². The van der Waals surface area contributed by atoms with Crippen LogP contribution in [-0.4, -0.2) is 32.1 Å². The third-order valence-electron chi connectivity index (χ3n) is 3.44. The van der Waals surface area contributed by atoms with Crippen LogP contribution in [0.25, 0.3) is 0 Å². The van der Waals surface area contributed by atoms with Crippen molar-refractivity contribution in [3.63, 3.8) is 0 Å². The summed E-state index contributed by atoms with van der Waals surface area (Å²) in [6.45, 7) is 7.30. The number of rotatable bonds is 7. The van der Waals surface area contributed by atoms with E-state index in [1.54, 1.807) is 6.08 Å². The lowest BCUT2D eigenvalue weighted by atomic mass is 10.2. The molecule has 20 heavy (non-hydrogen) atoms. The van der Waals surface area contributed by atoms with Crippen molar-refractivity contribution < 1.29 is 4.79 Å². The number of hydrogen-bond donors (Lipinski definition) is 2. The smallest absolute Gasteiger partial charge is 0.225 e. The van der Waals surface area contributed by atoms with Crippen LogP contribution in [0.4, 0.5) is 11.4 Å². The summed E-state index contributed by atoms with van der Waals surface area (Å²) in [5, 5.41) is 6.03. The topological polar surface area (TPSA) is 44.4 Å². The van der Waals surface area contributed by atoms with E-state index in [0.29, 0.717) is 13.0 Å². The van der Waals surface area contributed by atoms with E-state index in [-0.39, 0.29) is 5.91 Å². The van der Waals surface area contributed by atoms with Crippen molar-refractivity contribution in [2.75, 3.05) is 36.4 Å².